The molecule has 0 saturated carbocycles. The van der Waals surface area contributed by atoms with Crippen molar-refractivity contribution in [2.75, 3.05) is 38.6 Å². The van der Waals surface area contributed by atoms with Crippen LogP contribution in [0.1, 0.15) is 10.4 Å². The Kier molecular flexibility index (Phi) is 4.87. The molecule has 2 aromatic rings. The molecular formula is C17H21N5O3. The fourth-order valence-electron chi connectivity index (χ4n) is 2.72. The molecule has 1 saturated heterocycles. The first-order valence-electron chi connectivity index (χ1n) is 8.05. The second-order valence-electron chi connectivity index (χ2n) is 5.84. The van der Waals surface area contributed by atoms with E-state index < -0.39 is 0 Å². The molecule has 1 aromatic carbocycles. The largest absolute Gasteiger partial charge is 0.497 e. The van der Waals surface area contributed by atoms with Crippen LogP contribution >= 0.6 is 0 Å². The second-order valence-corrected chi connectivity index (χ2v) is 5.84. The lowest BCUT2D eigenvalue weighted by molar-refractivity contribution is 0.0671. The zero-order valence-electron chi connectivity index (χ0n) is 14.3. The van der Waals surface area contributed by atoms with Crippen molar-refractivity contribution in [2.24, 2.45) is 7.05 Å². The maximum atomic E-state index is 12.5. The lowest BCUT2D eigenvalue weighted by Crippen LogP contribution is -2.51. The first-order chi connectivity index (χ1) is 12.1. The van der Waals surface area contributed by atoms with Crippen molar-refractivity contribution in [2.45, 2.75) is 0 Å². The molecule has 1 aliphatic heterocycles. The minimum absolute atomic E-state index is 0.0324. The molecule has 0 aliphatic carbocycles. The summed E-state index contributed by atoms with van der Waals surface area (Å²) in [7, 11) is 3.38. The molecule has 8 nitrogen and oxygen atoms in total. The maximum absolute atomic E-state index is 12.5. The van der Waals surface area contributed by atoms with Gasteiger partial charge in [0.1, 0.15) is 5.75 Å². The predicted octanol–water partition coefficient (Wildman–Crippen LogP) is 1.42. The summed E-state index contributed by atoms with van der Waals surface area (Å²) in [5, 5.41) is 6.82. The number of methoxy groups -OCH3 is 1. The highest BCUT2D eigenvalue weighted by molar-refractivity contribution is 5.94. The van der Waals surface area contributed by atoms with Crippen LogP contribution in [-0.2, 0) is 7.05 Å². The normalized spacial score (nSPS) is 14.3. The molecule has 132 valence electrons. The fourth-order valence-corrected chi connectivity index (χ4v) is 2.72. The number of anilines is 1. The third kappa shape index (κ3) is 3.90. The summed E-state index contributed by atoms with van der Waals surface area (Å²) in [5.74, 6) is 0.684. The maximum Gasteiger partial charge on any atom is 0.322 e. The molecule has 0 atom stereocenters. The molecule has 0 spiro atoms. The molecule has 1 fully saturated rings. The predicted molar refractivity (Wildman–Crippen MR) is 92.7 cm³/mol. The smallest absolute Gasteiger partial charge is 0.322 e. The van der Waals surface area contributed by atoms with Crippen LogP contribution in [0.4, 0.5) is 10.5 Å². The van der Waals surface area contributed by atoms with Crippen LogP contribution in [0, 0.1) is 0 Å². The monoisotopic (exact) mass is 343 g/mol. The van der Waals surface area contributed by atoms with Crippen molar-refractivity contribution < 1.29 is 14.3 Å². The number of hydrogen-bond acceptors (Lipinski definition) is 4. The molecule has 1 aromatic heterocycles. The van der Waals surface area contributed by atoms with E-state index in [-0.39, 0.29) is 11.9 Å². The summed E-state index contributed by atoms with van der Waals surface area (Å²) in [4.78, 5) is 28.2. The average Bonchev–Trinajstić information content (AvgIpc) is 3.06. The first-order valence-corrected chi connectivity index (χ1v) is 8.05. The standard InChI is InChI=1S/C17H21N5O3/c1-20-12-14(11-18-20)19-17(24)22-9-7-21(8-10-22)16(23)13-3-5-15(25-2)6-4-13/h3-6,11-12H,7-10H2,1-2H3,(H,19,24). The van der Waals surface area contributed by atoms with Gasteiger partial charge in [0.05, 0.1) is 19.0 Å². The molecule has 2 heterocycles. The van der Waals surface area contributed by atoms with E-state index in [1.165, 1.54) is 0 Å². The number of hydrogen-bond donors (Lipinski definition) is 1. The Balaban J connectivity index is 1.53. The molecule has 1 N–H and O–H groups in total. The summed E-state index contributed by atoms with van der Waals surface area (Å²) in [6, 6.07) is 6.87. The quantitative estimate of drug-likeness (QED) is 0.914. The van der Waals surface area contributed by atoms with Crippen molar-refractivity contribution >= 4 is 17.6 Å². The van der Waals surface area contributed by atoms with Crippen molar-refractivity contribution in [3.63, 3.8) is 0 Å². The highest BCUT2D eigenvalue weighted by Gasteiger charge is 2.25. The number of nitrogens with zero attached hydrogens (tertiary/aromatic N) is 4. The topological polar surface area (TPSA) is 79.7 Å². The summed E-state index contributed by atoms with van der Waals surface area (Å²) >= 11 is 0. The lowest BCUT2D eigenvalue weighted by atomic mass is 10.1. The van der Waals surface area contributed by atoms with Gasteiger partial charge in [0, 0.05) is 45.0 Å². The number of piperazine rings is 1. The second kappa shape index (κ2) is 7.25. The number of amides is 3. The third-order valence-corrected chi connectivity index (χ3v) is 4.15. The molecule has 1 aliphatic rings. The van der Waals surface area contributed by atoms with Gasteiger partial charge < -0.3 is 19.9 Å². The number of benzene rings is 1. The third-order valence-electron chi connectivity index (χ3n) is 4.15. The summed E-state index contributed by atoms with van der Waals surface area (Å²) in [5.41, 5.74) is 1.28. The van der Waals surface area contributed by atoms with E-state index in [0.29, 0.717) is 43.2 Å². The minimum atomic E-state index is -0.176. The SMILES string of the molecule is COc1ccc(C(=O)N2CCN(C(=O)Nc3cnn(C)c3)CC2)cc1. The minimum Gasteiger partial charge on any atom is -0.497 e. The Morgan fingerprint density at radius 1 is 1.08 bits per heavy atom. The Morgan fingerprint density at radius 2 is 1.72 bits per heavy atom. The highest BCUT2D eigenvalue weighted by Crippen LogP contribution is 2.15. The first kappa shape index (κ1) is 16.8. The molecule has 0 radical (unpaired) electrons. The van der Waals surface area contributed by atoms with E-state index in [1.807, 2.05) is 0 Å². The van der Waals surface area contributed by atoms with Crippen molar-refractivity contribution in [1.29, 1.82) is 0 Å². The van der Waals surface area contributed by atoms with E-state index in [4.69, 9.17) is 4.74 Å². The number of rotatable bonds is 3. The molecule has 25 heavy (non-hydrogen) atoms. The van der Waals surface area contributed by atoms with Crippen LogP contribution < -0.4 is 10.1 Å². The zero-order valence-corrected chi connectivity index (χ0v) is 14.3. The van der Waals surface area contributed by atoms with Gasteiger partial charge in [-0.05, 0) is 24.3 Å². The Hall–Kier alpha value is -3.03. The van der Waals surface area contributed by atoms with Crippen LogP contribution in [0.5, 0.6) is 5.75 Å². The van der Waals surface area contributed by atoms with Crippen LogP contribution in [0.15, 0.2) is 36.7 Å². The van der Waals surface area contributed by atoms with E-state index >= 15 is 0 Å². The molecule has 0 unspecified atom stereocenters. The average molecular weight is 343 g/mol. The van der Waals surface area contributed by atoms with Crippen molar-refractivity contribution in [3.05, 3.63) is 42.2 Å². The lowest BCUT2D eigenvalue weighted by Gasteiger charge is -2.34. The van der Waals surface area contributed by atoms with Gasteiger partial charge in [-0.3, -0.25) is 9.48 Å². The van der Waals surface area contributed by atoms with E-state index in [1.54, 1.807) is 65.3 Å². The molecule has 3 amide bonds. The van der Waals surface area contributed by atoms with Crippen molar-refractivity contribution in [3.8, 4) is 5.75 Å². The van der Waals surface area contributed by atoms with Gasteiger partial charge in [-0.2, -0.15) is 5.10 Å². The van der Waals surface area contributed by atoms with Gasteiger partial charge in [0.15, 0.2) is 0 Å². The number of nitrogens with one attached hydrogen (secondary N) is 1. The van der Waals surface area contributed by atoms with Gasteiger partial charge in [-0.25, -0.2) is 4.79 Å². The molecule has 0 bridgehead atoms. The Bertz CT molecular complexity index is 748. The van der Waals surface area contributed by atoms with Crippen molar-refractivity contribution in [1.82, 2.24) is 19.6 Å². The van der Waals surface area contributed by atoms with Gasteiger partial charge >= 0.3 is 6.03 Å². The van der Waals surface area contributed by atoms with E-state index in [0.717, 1.165) is 0 Å². The highest BCUT2D eigenvalue weighted by atomic mass is 16.5. The van der Waals surface area contributed by atoms with Gasteiger partial charge in [-0.1, -0.05) is 0 Å². The zero-order chi connectivity index (χ0) is 17.8. The van der Waals surface area contributed by atoms with Crippen LogP contribution in [0.25, 0.3) is 0 Å². The number of ether oxygens (including phenoxy) is 1. The summed E-state index contributed by atoms with van der Waals surface area (Å²) in [6.07, 6.45) is 3.34. The number of aryl methyl sites for hydroxylation is 1. The number of aromatic nitrogens is 2. The van der Waals surface area contributed by atoms with Gasteiger partial charge in [0.2, 0.25) is 0 Å². The molecular weight excluding hydrogens is 322 g/mol. The molecule has 3 rings (SSSR count). The number of carbonyl (C=O) groups excluding carboxylic acids is 2. The summed E-state index contributed by atoms with van der Waals surface area (Å²) in [6.45, 7) is 2.00. The number of urea groups is 1. The Morgan fingerprint density at radius 3 is 2.28 bits per heavy atom. The van der Waals surface area contributed by atoms with Crippen LogP contribution in [0.3, 0.4) is 0 Å². The Labute approximate surface area is 146 Å². The van der Waals surface area contributed by atoms with Crippen LogP contribution in [-0.4, -0.2) is 64.8 Å². The summed E-state index contributed by atoms with van der Waals surface area (Å²) < 4.78 is 6.73. The van der Waals surface area contributed by atoms with Gasteiger partial charge in [0.25, 0.3) is 5.91 Å². The number of carbonyl (C=O) groups is 2. The fraction of sp³-hybridized carbons (Fsp3) is 0.353. The van der Waals surface area contributed by atoms with E-state index in [2.05, 4.69) is 10.4 Å². The van der Waals surface area contributed by atoms with Gasteiger partial charge in [-0.15, -0.1) is 0 Å². The van der Waals surface area contributed by atoms with E-state index in [9.17, 15) is 9.59 Å². The molecule has 8 heteroatoms. The van der Waals surface area contributed by atoms with Crippen LogP contribution in [0.2, 0.25) is 0 Å².